The Bertz CT molecular complexity index is 597. The van der Waals surface area contributed by atoms with Crippen molar-refractivity contribution < 1.29 is 14.9 Å². The lowest BCUT2D eigenvalue weighted by Crippen LogP contribution is -2.41. The first-order valence-electron chi connectivity index (χ1n) is 5.42. The summed E-state index contributed by atoms with van der Waals surface area (Å²) in [5.41, 5.74) is 3.36. The first kappa shape index (κ1) is 14.0. The molecule has 8 heteroatoms. The largest absolute Gasteiger partial charge is 0.392 e. The van der Waals surface area contributed by atoms with Crippen LogP contribution in [0.1, 0.15) is 12.6 Å². The average Bonchev–Trinajstić information content (AvgIpc) is 2.71. The molecule has 0 aliphatic carbocycles. The Morgan fingerprint density at radius 3 is 3.00 bits per heavy atom. The third kappa shape index (κ3) is 2.26. The second-order valence-electron chi connectivity index (χ2n) is 4.18. The van der Waals surface area contributed by atoms with E-state index in [1.807, 2.05) is 0 Å². The third-order valence-electron chi connectivity index (χ3n) is 3.03. The van der Waals surface area contributed by atoms with Crippen molar-refractivity contribution in [2.75, 3.05) is 12.3 Å². The number of aliphatic hydroxyl groups is 2. The molecule has 0 saturated carbocycles. The first-order valence-corrected chi connectivity index (χ1v) is 6.21. The van der Waals surface area contributed by atoms with E-state index in [-0.39, 0.29) is 12.2 Å². The van der Waals surface area contributed by atoms with Crippen LogP contribution < -0.4 is 11.4 Å². The number of aliphatic hydroxyl groups excluding tert-OH is 2. The van der Waals surface area contributed by atoms with E-state index in [0.29, 0.717) is 4.47 Å². The fourth-order valence-electron chi connectivity index (χ4n) is 1.90. The summed E-state index contributed by atoms with van der Waals surface area (Å²) in [6, 6.07) is 0. The zero-order chi connectivity index (χ0) is 14.2. The molecule has 4 N–H and O–H groups in total. The predicted octanol–water partition coefficient (Wildman–Crippen LogP) is -0.768. The molecule has 1 fully saturated rings. The lowest BCUT2D eigenvalue weighted by atomic mass is 9.99. The molecule has 1 aliphatic heterocycles. The maximum Gasteiger partial charge on any atom is 0.351 e. The van der Waals surface area contributed by atoms with Crippen LogP contribution in [0.2, 0.25) is 0 Å². The van der Waals surface area contributed by atoms with Gasteiger partial charge in [0.2, 0.25) is 0 Å². The number of anilines is 1. The smallest absolute Gasteiger partial charge is 0.351 e. The highest BCUT2D eigenvalue weighted by Gasteiger charge is 2.47. The molecule has 0 amide bonds. The number of nitrogen functional groups attached to an aromatic ring is 1. The number of aromatic nitrogens is 2. The summed E-state index contributed by atoms with van der Waals surface area (Å²) in [4.78, 5) is 15.4. The van der Waals surface area contributed by atoms with E-state index in [2.05, 4.69) is 26.8 Å². The van der Waals surface area contributed by atoms with Gasteiger partial charge in [-0.25, -0.2) is 4.79 Å². The van der Waals surface area contributed by atoms with Gasteiger partial charge in [0.1, 0.15) is 18.1 Å². The van der Waals surface area contributed by atoms with Gasteiger partial charge in [0.15, 0.2) is 5.60 Å². The highest BCUT2D eigenvalue weighted by molar-refractivity contribution is 9.10. The third-order valence-corrected chi connectivity index (χ3v) is 3.64. The Kier molecular flexibility index (Phi) is 3.64. The van der Waals surface area contributed by atoms with E-state index in [9.17, 15) is 15.0 Å². The van der Waals surface area contributed by atoms with E-state index < -0.39 is 30.2 Å². The molecule has 102 valence electrons. The fraction of sp³-hybridized carbons (Fsp3) is 0.455. The van der Waals surface area contributed by atoms with Crippen molar-refractivity contribution in [3.8, 4) is 12.3 Å². The van der Waals surface area contributed by atoms with Crippen LogP contribution in [-0.2, 0) is 4.74 Å². The molecule has 1 aliphatic rings. The number of halogens is 1. The van der Waals surface area contributed by atoms with Gasteiger partial charge in [-0.15, -0.1) is 6.42 Å². The zero-order valence-electron chi connectivity index (χ0n) is 9.78. The number of nitrogens with two attached hydrogens (primary N) is 1. The van der Waals surface area contributed by atoms with Gasteiger partial charge >= 0.3 is 5.69 Å². The second-order valence-corrected chi connectivity index (χ2v) is 5.03. The standard InChI is InChI=1S/C11H12BrN3O4/c1-2-11(5-16)7(17)3-8(19-11)15-4-6(12)9(13)14-10(15)18/h1,4,7-8,16-17H,3,5H2,(H2,13,14,18)/t7-,8+,11+/m0/s1. The summed E-state index contributed by atoms with van der Waals surface area (Å²) in [5.74, 6) is 2.29. The van der Waals surface area contributed by atoms with Gasteiger partial charge in [-0.1, -0.05) is 5.92 Å². The number of terminal acetylenes is 1. The molecule has 2 heterocycles. The molecule has 19 heavy (non-hydrogen) atoms. The van der Waals surface area contributed by atoms with Crippen molar-refractivity contribution in [3.63, 3.8) is 0 Å². The summed E-state index contributed by atoms with van der Waals surface area (Å²) in [5, 5.41) is 19.1. The van der Waals surface area contributed by atoms with Crippen LogP contribution in [0.15, 0.2) is 15.5 Å². The van der Waals surface area contributed by atoms with Gasteiger partial charge in [-0.2, -0.15) is 4.98 Å². The summed E-state index contributed by atoms with van der Waals surface area (Å²) in [6.45, 7) is -0.542. The number of rotatable bonds is 2. The molecule has 2 rings (SSSR count). The number of ether oxygens (including phenoxy) is 1. The van der Waals surface area contributed by atoms with Gasteiger partial charge in [-0.05, 0) is 15.9 Å². The molecule has 1 aromatic rings. The molecule has 0 aromatic carbocycles. The molecule has 0 spiro atoms. The number of hydrogen-bond acceptors (Lipinski definition) is 6. The Labute approximate surface area is 117 Å². The molecule has 0 bridgehead atoms. The molecular weight excluding hydrogens is 318 g/mol. The van der Waals surface area contributed by atoms with Gasteiger partial charge in [-0.3, -0.25) is 4.57 Å². The average molecular weight is 330 g/mol. The van der Waals surface area contributed by atoms with Crippen LogP contribution in [0, 0.1) is 12.3 Å². The van der Waals surface area contributed by atoms with Gasteiger partial charge < -0.3 is 20.7 Å². The van der Waals surface area contributed by atoms with E-state index in [0.717, 1.165) is 0 Å². The van der Waals surface area contributed by atoms with Crippen molar-refractivity contribution in [2.45, 2.75) is 24.4 Å². The molecule has 3 atom stereocenters. The predicted molar refractivity (Wildman–Crippen MR) is 70.0 cm³/mol. The van der Waals surface area contributed by atoms with Gasteiger partial charge in [0.05, 0.1) is 11.1 Å². The van der Waals surface area contributed by atoms with Crippen LogP contribution in [0.4, 0.5) is 5.82 Å². The van der Waals surface area contributed by atoms with E-state index >= 15 is 0 Å². The van der Waals surface area contributed by atoms with Gasteiger partial charge in [0.25, 0.3) is 0 Å². The Hall–Kier alpha value is -1.40. The lowest BCUT2D eigenvalue weighted by Gasteiger charge is -2.23. The van der Waals surface area contributed by atoms with Crippen LogP contribution in [-0.4, -0.2) is 38.1 Å². The summed E-state index contributed by atoms with van der Waals surface area (Å²) in [7, 11) is 0. The molecule has 1 saturated heterocycles. The van der Waals surface area contributed by atoms with Crippen molar-refractivity contribution in [3.05, 3.63) is 21.2 Å². The Morgan fingerprint density at radius 2 is 2.47 bits per heavy atom. The van der Waals surface area contributed by atoms with Crippen molar-refractivity contribution in [2.24, 2.45) is 0 Å². The number of nitrogens with zero attached hydrogens (tertiary/aromatic N) is 2. The summed E-state index contributed by atoms with van der Waals surface area (Å²) in [6.07, 6.45) is 4.87. The zero-order valence-corrected chi connectivity index (χ0v) is 11.4. The van der Waals surface area contributed by atoms with E-state index in [1.165, 1.54) is 10.8 Å². The monoisotopic (exact) mass is 329 g/mol. The van der Waals surface area contributed by atoms with E-state index in [1.54, 1.807) is 0 Å². The topological polar surface area (TPSA) is 111 Å². The minimum atomic E-state index is -1.50. The molecule has 0 radical (unpaired) electrons. The highest BCUT2D eigenvalue weighted by atomic mass is 79.9. The second kappa shape index (κ2) is 4.94. The molecule has 1 aromatic heterocycles. The van der Waals surface area contributed by atoms with Crippen molar-refractivity contribution in [1.29, 1.82) is 0 Å². The first-order chi connectivity index (χ1) is 8.93. The number of hydrogen-bond donors (Lipinski definition) is 3. The van der Waals surface area contributed by atoms with Crippen molar-refractivity contribution in [1.82, 2.24) is 9.55 Å². The normalized spacial score (nSPS) is 30.2. The maximum atomic E-state index is 11.7. The minimum Gasteiger partial charge on any atom is -0.392 e. The van der Waals surface area contributed by atoms with Crippen LogP contribution in [0.3, 0.4) is 0 Å². The molecule has 7 nitrogen and oxygen atoms in total. The quantitative estimate of drug-likeness (QED) is 0.615. The fourth-order valence-corrected chi connectivity index (χ4v) is 2.21. The van der Waals surface area contributed by atoms with Crippen LogP contribution in [0.25, 0.3) is 0 Å². The van der Waals surface area contributed by atoms with E-state index in [4.69, 9.17) is 16.9 Å². The Balaban J connectivity index is 2.39. The van der Waals surface area contributed by atoms with Gasteiger partial charge in [0, 0.05) is 12.6 Å². The molecular formula is C11H12BrN3O4. The maximum absolute atomic E-state index is 11.7. The summed E-state index contributed by atoms with van der Waals surface area (Å²) >= 11 is 3.15. The minimum absolute atomic E-state index is 0.0603. The van der Waals surface area contributed by atoms with Crippen molar-refractivity contribution >= 4 is 21.7 Å². The molecule has 0 unspecified atom stereocenters. The van der Waals surface area contributed by atoms with Crippen LogP contribution in [0.5, 0.6) is 0 Å². The van der Waals surface area contributed by atoms with Crippen LogP contribution >= 0.6 is 15.9 Å². The SMILES string of the molecule is C#C[C@]1(CO)O[C@@H](n2cc(Br)c(N)nc2=O)C[C@@H]1O. The summed E-state index contributed by atoms with van der Waals surface area (Å²) < 4.78 is 7.04. The Morgan fingerprint density at radius 1 is 1.79 bits per heavy atom. The lowest BCUT2D eigenvalue weighted by molar-refractivity contribution is -0.0912. The highest BCUT2D eigenvalue weighted by Crippen LogP contribution is 2.35.